The van der Waals surface area contributed by atoms with Crippen LogP contribution >= 0.6 is 0 Å². The van der Waals surface area contributed by atoms with Gasteiger partial charge in [0.15, 0.2) is 0 Å². The van der Waals surface area contributed by atoms with E-state index in [1.54, 1.807) is 0 Å². The minimum Gasteiger partial charge on any atom is -0.491 e. The van der Waals surface area contributed by atoms with Crippen LogP contribution in [-0.2, 0) is 6.54 Å². The maximum Gasteiger partial charge on any atom is 0.124 e. The van der Waals surface area contributed by atoms with Crippen molar-refractivity contribution < 1.29 is 4.74 Å². The SMILES string of the molecule is CC(C)Oc1ccccc1[C@@H]1CN(Cc2ccc(C3CC3)nc2)CCN1. The van der Waals surface area contributed by atoms with E-state index < -0.39 is 0 Å². The van der Waals surface area contributed by atoms with Gasteiger partial charge < -0.3 is 10.1 Å². The first kappa shape index (κ1) is 17.5. The van der Waals surface area contributed by atoms with Gasteiger partial charge in [0, 0.05) is 55.6 Å². The van der Waals surface area contributed by atoms with Crippen LogP contribution in [0.5, 0.6) is 5.75 Å². The van der Waals surface area contributed by atoms with Crippen LogP contribution in [0.25, 0.3) is 0 Å². The van der Waals surface area contributed by atoms with Crippen LogP contribution in [0.2, 0.25) is 0 Å². The number of piperazine rings is 1. The number of hydrogen-bond donors (Lipinski definition) is 1. The summed E-state index contributed by atoms with van der Waals surface area (Å²) in [4.78, 5) is 7.18. The second-order valence-corrected chi connectivity index (χ2v) is 7.81. The van der Waals surface area contributed by atoms with E-state index in [0.29, 0.717) is 6.04 Å². The van der Waals surface area contributed by atoms with Crippen LogP contribution in [0.3, 0.4) is 0 Å². The number of ether oxygens (including phenoxy) is 1. The molecule has 0 unspecified atom stereocenters. The summed E-state index contributed by atoms with van der Waals surface area (Å²) in [7, 11) is 0. The van der Waals surface area contributed by atoms with Gasteiger partial charge in [0.05, 0.1) is 6.10 Å². The molecular weight excluding hydrogens is 322 g/mol. The first-order valence-electron chi connectivity index (χ1n) is 9.85. The van der Waals surface area contributed by atoms with Gasteiger partial charge in [-0.15, -0.1) is 0 Å². The first-order chi connectivity index (χ1) is 12.7. The summed E-state index contributed by atoms with van der Waals surface area (Å²) in [6.45, 7) is 8.17. The lowest BCUT2D eigenvalue weighted by atomic mass is 10.0. The molecule has 1 atom stereocenters. The molecule has 1 aliphatic heterocycles. The molecule has 1 aliphatic carbocycles. The van der Waals surface area contributed by atoms with Crippen LogP contribution in [0.15, 0.2) is 42.6 Å². The number of para-hydroxylation sites is 1. The molecule has 1 N–H and O–H groups in total. The third-order valence-corrected chi connectivity index (χ3v) is 5.17. The van der Waals surface area contributed by atoms with Gasteiger partial charge in [-0.05, 0) is 44.4 Å². The minimum atomic E-state index is 0.187. The van der Waals surface area contributed by atoms with Crippen molar-refractivity contribution in [2.24, 2.45) is 0 Å². The maximum absolute atomic E-state index is 6.03. The number of pyridine rings is 1. The Morgan fingerprint density at radius 3 is 2.77 bits per heavy atom. The predicted molar refractivity (Wildman–Crippen MR) is 104 cm³/mol. The molecule has 1 saturated carbocycles. The quantitative estimate of drug-likeness (QED) is 0.857. The van der Waals surface area contributed by atoms with Crippen LogP contribution in [0, 0.1) is 0 Å². The van der Waals surface area contributed by atoms with Crippen molar-refractivity contribution in [3.8, 4) is 5.75 Å². The van der Waals surface area contributed by atoms with Crippen molar-refractivity contribution in [1.82, 2.24) is 15.2 Å². The molecule has 1 aromatic carbocycles. The average molecular weight is 351 g/mol. The standard InChI is InChI=1S/C22H29N3O/c1-16(2)26-22-6-4-3-5-19(22)21-15-25(12-11-23-21)14-17-7-10-20(24-13-17)18-8-9-18/h3-7,10,13,16,18,21,23H,8-9,11-12,14-15H2,1-2H3/t21-/m0/s1. The monoisotopic (exact) mass is 351 g/mol. The second-order valence-electron chi connectivity index (χ2n) is 7.81. The Labute approximate surface area is 156 Å². The minimum absolute atomic E-state index is 0.187. The molecule has 0 bridgehead atoms. The normalized spacial score (nSPS) is 21.1. The molecule has 2 aromatic rings. The van der Waals surface area contributed by atoms with Gasteiger partial charge in [-0.2, -0.15) is 0 Å². The van der Waals surface area contributed by atoms with E-state index in [2.05, 4.69) is 71.6 Å². The fourth-order valence-corrected chi connectivity index (χ4v) is 3.70. The summed E-state index contributed by atoms with van der Waals surface area (Å²) in [6.07, 6.45) is 4.88. The Balaban J connectivity index is 1.42. The molecule has 0 radical (unpaired) electrons. The first-order valence-corrected chi connectivity index (χ1v) is 9.85. The largest absolute Gasteiger partial charge is 0.491 e. The third-order valence-electron chi connectivity index (χ3n) is 5.17. The number of hydrogen-bond acceptors (Lipinski definition) is 4. The van der Waals surface area contributed by atoms with Crippen LogP contribution < -0.4 is 10.1 Å². The number of nitrogens with zero attached hydrogens (tertiary/aromatic N) is 2. The Morgan fingerprint density at radius 2 is 2.04 bits per heavy atom. The Kier molecular flexibility index (Phi) is 5.23. The molecule has 1 saturated heterocycles. The molecule has 0 spiro atoms. The van der Waals surface area contributed by atoms with Crippen LogP contribution in [0.1, 0.15) is 55.5 Å². The van der Waals surface area contributed by atoms with Gasteiger partial charge in [-0.25, -0.2) is 0 Å². The van der Waals surface area contributed by atoms with E-state index in [9.17, 15) is 0 Å². The highest BCUT2D eigenvalue weighted by Crippen LogP contribution is 2.38. The summed E-state index contributed by atoms with van der Waals surface area (Å²) >= 11 is 0. The van der Waals surface area contributed by atoms with Gasteiger partial charge in [0.1, 0.15) is 5.75 Å². The zero-order valence-corrected chi connectivity index (χ0v) is 15.8. The highest BCUT2D eigenvalue weighted by Gasteiger charge is 2.25. The van der Waals surface area contributed by atoms with E-state index >= 15 is 0 Å². The predicted octanol–water partition coefficient (Wildman–Crippen LogP) is 3.89. The molecule has 2 heterocycles. The molecule has 2 fully saturated rings. The fourth-order valence-electron chi connectivity index (χ4n) is 3.70. The Morgan fingerprint density at radius 1 is 1.19 bits per heavy atom. The highest BCUT2D eigenvalue weighted by molar-refractivity contribution is 5.36. The Bertz CT molecular complexity index is 724. The van der Waals surface area contributed by atoms with E-state index in [4.69, 9.17) is 4.74 Å². The average Bonchev–Trinajstić information content (AvgIpc) is 3.48. The van der Waals surface area contributed by atoms with Crippen molar-refractivity contribution in [1.29, 1.82) is 0 Å². The van der Waals surface area contributed by atoms with Gasteiger partial charge in [-0.3, -0.25) is 9.88 Å². The topological polar surface area (TPSA) is 37.4 Å². The second kappa shape index (κ2) is 7.77. The van der Waals surface area contributed by atoms with E-state index in [-0.39, 0.29) is 6.10 Å². The van der Waals surface area contributed by atoms with Crippen LogP contribution in [-0.4, -0.2) is 35.6 Å². The van der Waals surface area contributed by atoms with Gasteiger partial charge >= 0.3 is 0 Å². The lowest BCUT2D eigenvalue weighted by molar-refractivity contribution is 0.186. The summed E-state index contributed by atoms with van der Waals surface area (Å²) in [5.74, 6) is 1.72. The maximum atomic E-state index is 6.03. The van der Waals surface area contributed by atoms with Crippen molar-refractivity contribution in [2.75, 3.05) is 19.6 Å². The molecule has 1 aromatic heterocycles. The smallest absolute Gasteiger partial charge is 0.124 e. The number of aromatic nitrogens is 1. The molecule has 4 heteroatoms. The third kappa shape index (κ3) is 4.25. The summed E-state index contributed by atoms with van der Waals surface area (Å²) in [6, 6.07) is 13.2. The molecule has 138 valence electrons. The zero-order chi connectivity index (χ0) is 17.9. The summed E-state index contributed by atoms with van der Waals surface area (Å²) < 4.78 is 6.03. The van der Waals surface area contributed by atoms with Crippen molar-refractivity contribution in [3.05, 3.63) is 59.4 Å². The van der Waals surface area contributed by atoms with Gasteiger partial charge in [0.2, 0.25) is 0 Å². The number of nitrogens with one attached hydrogen (secondary N) is 1. The number of benzene rings is 1. The Hall–Kier alpha value is -1.91. The van der Waals surface area contributed by atoms with Gasteiger partial charge in [0.25, 0.3) is 0 Å². The lowest BCUT2D eigenvalue weighted by Crippen LogP contribution is -2.45. The van der Waals surface area contributed by atoms with Crippen molar-refractivity contribution in [2.45, 2.75) is 51.3 Å². The lowest BCUT2D eigenvalue weighted by Gasteiger charge is -2.34. The zero-order valence-electron chi connectivity index (χ0n) is 15.8. The summed E-state index contributed by atoms with van der Waals surface area (Å²) in [5, 5.41) is 3.66. The van der Waals surface area contributed by atoms with E-state index in [1.807, 2.05) is 0 Å². The summed E-state index contributed by atoms with van der Waals surface area (Å²) in [5.41, 5.74) is 3.83. The highest BCUT2D eigenvalue weighted by atomic mass is 16.5. The molecule has 4 rings (SSSR count). The molecule has 0 amide bonds. The molecule has 2 aliphatic rings. The van der Waals surface area contributed by atoms with Gasteiger partial charge in [-0.1, -0.05) is 24.3 Å². The number of rotatable bonds is 6. The molecule has 26 heavy (non-hydrogen) atoms. The van der Waals surface area contributed by atoms with E-state index in [0.717, 1.165) is 37.8 Å². The van der Waals surface area contributed by atoms with Crippen LogP contribution in [0.4, 0.5) is 0 Å². The molecular formula is C22H29N3O. The van der Waals surface area contributed by atoms with Crippen molar-refractivity contribution >= 4 is 0 Å². The van der Waals surface area contributed by atoms with E-state index in [1.165, 1.54) is 29.7 Å². The van der Waals surface area contributed by atoms with Crippen molar-refractivity contribution in [3.63, 3.8) is 0 Å². The fraction of sp³-hybridized carbons (Fsp3) is 0.500. The molecule has 4 nitrogen and oxygen atoms in total.